The fraction of sp³-hybridized carbons (Fsp3) is 0.160. The topological polar surface area (TPSA) is 78.1 Å². The molecule has 33 heavy (non-hydrogen) atoms. The minimum Gasteiger partial charge on any atom is -0.342 e. The summed E-state index contributed by atoms with van der Waals surface area (Å²) in [4.78, 5) is 27.2. The van der Waals surface area contributed by atoms with Crippen LogP contribution in [0.1, 0.15) is 32.1 Å². The first-order chi connectivity index (χ1) is 16.0. The summed E-state index contributed by atoms with van der Waals surface area (Å²) in [6.07, 6.45) is 1.50. The van der Waals surface area contributed by atoms with Gasteiger partial charge in [0.05, 0.1) is 10.6 Å². The Morgan fingerprint density at radius 2 is 1.85 bits per heavy atom. The van der Waals surface area contributed by atoms with E-state index in [0.717, 1.165) is 29.8 Å². The first-order valence-electron chi connectivity index (χ1n) is 10.5. The van der Waals surface area contributed by atoms with Crippen LogP contribution in [0.25, 0.3) is 11.3 Å². The van der Waals surface area contributed by atoms with Gasteiger partial charge in [0.1, 0.15) is 5.82 Å². The fourth-order valence-corrected chi connectivity index (χ4v) is 4.00. The molecule has 4 aromatic rings. The van der Waals surface area contributed by atoms with E-state index >= 15 is 0 Å². The average Bonchev–Trinajstić information content (AvgIpc) is 3.52. The van der Waals surface area contributed by atoms with E-state index in [1.807, 2.05) is 17.5 Å². The summed E-state index contributed by atoms with van der Waals surface area (Å²) in [6, 6.07) is 18.6. The molecule has 0 atom stereocenters. The zero-order valence-electron chi connectivity index (χ0n) is 18.0. The number of halogens is 1. The Morgan fingerprint density at radius 3 is 2.55 bits per heavy atom. The summed E-state index contributed by atoms with van der Waals surface area (Å²) in [7, 11) is 1.77. The highest BCUT2D eigenvalue weighted by atomic mass is 32.1. The molecule has 6 nitrogen and oxygen atoms in total. The lowest BCUT2D eigenvalue weighted by Crippen LogP contribution is -2.28. The number of hydrogen-bond acceptors (Lipinski definition) is 4. The molecule has 2 heterocycles. The van der Waals surface area contributed by atoms with Gasteiger partial charge in [0.25, 0.3) is 11.8 Å². The molecule has 2 aromatic carbocycles. The van der Waals surface area contributed by atoms with Crippen molar-refractivity contribution in [3.8, 4) is 11.3 Å². The minimum absolute atomic E-state index is 0.0808. The van der Waals surface area contributed by atoms with Crippen LogP contribution in [0, 0.1) is 5.82 Å². The molecule has 0 unspecified atom stereocenters. The summed E-state index contributed by atoms with van der Waals surface area (Å²) in [5.41, 5.74) is 3.78. The number of H-pyrrole nitrogens is 1. The third kappa shape index (κ3) is 5.72. The van der Waals surface area contributed by atoms with E-state index in [0.29, 0.717) is 22.7 Å². The highest BCUT2D eigenvalue weighted by Gasteiger charge is 2.13. The Labute approximate surface area is 195 Å². The van der Waals surface area contributed by atoms with E-state index in [1.54, 1.807) is 54.4 Å². The van der Waals surface area contributed by atoms with Crippen LogP contribution >= 0.6 is 11.3 Å². The molecule has 8 heteroatoms. The standard InChI is InChI=1S/C25H23FN4O2S/c1-30(14-2-4-21-16-22(29-28-21)17-6-10-19(26)11-7-17)25(32)18-8-12-20(13-9-18)27-24(31)23-5-3-15-33-23/h3,5-13,15-16H,2,4,14H2,1H3,(H,27,31)(H,28,29). The Balaban J connectivity index is 1.26. The van der Waals surface area contributed by atoms with Gasteiger partial charge in [-0.1, -0.05) is 6.07 Å². The number of amides is 2. The molecule has 0 aliphatic rings. The molecular formula is C25H23FN4O2S. The number of hydrogen-bond donors (Lipinski definition) is 2. The number of carbonyl (C=O) groups is 2. The monoisotopic (exact) mass is 462 g/mol. The van der Waals surface area contributed by atoms with E-state index in [9.17, 15) is 14.0 Å². The van der Waals surface area contributed by atoms with Crippen LogP contribution < -0.4 is 5.32 Å². The first-order valence-corrected chi connectivity index (χ1v) is 11.4. The van der Waals surface area contributed by atoms with E-state index in [2.05, 4.69) is 15.5 Å². The second kappa shape index (κ2) is 10.2. The third-order valence-electron chi connectivity index (χ3n) is 5.19. The molecular weight excluding hydrogens is 439 g/mol. The lowest BCUT2D eigenvalue weighted by molar-refractivity contribution is 0.0793. The molecule has 2 N–H and O–H groups in total. The number of nitrogens with one attached hydrogen (secondary N) is 2. The quantitative estimate of drug-likeness (QED) is 0.376. The van der Waals surface area contributed by atoms with Gasteiger partial charge in [0.2, 0.25) is 0 Å². The van der Waals surface area contributed by atoms with Gasteiger partial charge in [-0.3, -0.25) is 14.7 Å². The number of aromatic amines is 1. The molecule has 0 bridgehead atoms. The van der Waals surface area contributed by atoms with Gasteiger partial charge in [0, 0.05) is 36.1 Å². The largest absolute Gasteiger partial charge is 0.342 e. The number of rotatable bonds is 8. The Morgan fingerprint density at radius 1 is 1.09 bits per heavy atom. The number of anilines is 1. The summed E-state index contributed by atoms with van der Waals surface area (Å²) in [6.45, 7) is 0.584. The molecule has 2 amide bonds. The predicted octanol–water partition coefficient (Wildman–Crippen LogP) is 5.23. The van der Waals surface area contributed by atoms with Crippen molar-refractivity contribution in [1.29, 1.82) is 0 Å². The Bertz CT molecular complexity index is 1220. The van der Waals surface area contributed by atoms with E-state index < -0.39 is 0 Å². The smallest absolute Gasteiger partial charge is 0.265 e. The van der Waals surface area contributed by atoms with Crippen molar-refractivity contribution in [2.75, 3.05) is 18.9 Å². The van der Waals surface area contributed by atoms with Crippen molar-refractivity contribution < 1.29 is 14.0 Å². The first kappa shape index (κ1) is 22.4. The minimum atomic E-state index is -0.278. The predicted molar refractivity (Wildman–Crippen MR) is 128 cm³/mol. The van der Waals surface area contributed by atoms with E-state index in [4.69, 9.17) is 0 Å². The molecule has 0 aliphatic heterocycles. The SMILES string of the molecule is CN(CCCc1cc(-c2ccc(F)cc2)n[nH]1)C(=O)c1ccc(NC(=O)c2cccs2)cc1. The third-order valence-corrected chi connectivity index (χ3v) is 6.06. The molecule has 0 fully saturated rings. The van der Waals surface area contributed by atoms with Crippen LogP contribution in [0.5, 0.6) is 0 Å². The van der Waals surface area contributed by atoms with Gasteiger partial charge < -0.3 is 10.2 Å². The van der Waals surface area contributed by atoms with Crippen LogP contribution in [0.3, 0.4) is 0 Å². The zero-order chi connectivity index (χ0) is 23.2. The molecule has 168 valence electrons. The second-order valence-corrected chi connectivity index (χ2v) is 8.57. The summed E-state index contributed by atoms with van der Waals surface area (Å²) in [5.74, 6) is -0.523. The number of carbonyl (C=O) groups excluding carboxylic acids is 2. The zero-order valence-corrected chi connectivity index (χ0v) is 18.9. The van der Waals surface area contributed by atoms with Crippen LogP contribution in [0.4, 0.5) is 10.1 Å². The van der Waals surface area contributed by atoms with Crippen LogP contribution in [0.15, 0.2) is 72.1 Å². The summed E-state index contributed by atoms with van der Waals surface area (Å²) < 4.78 is 13.1. The van der Waals surface area contributed by atoms with Gasteiger partial charge in [-0.05, 0) is 78.9 Å². The maximum absolute atomic E-state index is 13.1. The molecule has 0 aliphatic carbocycles. The highest BCUT2D eigenvalue weighted by molar-refractivity contribution is 7.12. The number of thiophene rings is 1. The number of aryl methyl sites for hydroxylation is 1. The maximum atomic E-state index is 13.1. The highest BCUT2D eigenvalue weighted by Crippen LogP contribution is 2.19. The molecule has 0 saturated carbocycles. The van der Waals surface area contributed by atoms with Crippen molar-refractivity contribution in [3.05, 3.63) is 94.1 Å². The van der Waals surface area contributed by atoms with Crippen molar-refractivity contribution in [2.24, 2.45) is 0 Å². The lowest BCUT2D eigenvalue weighted by Gasteiger charge is -2.17. The van der Waals surface area contributed by atoms with Crippen LogP contribution in [-0.2, 0) is 6.42 Å². The van der Waals surface area contributed by atoms with E-state index in [-0.39, 0.29) is 17.6 Å². The lowest BCUT2D eigenvalue weighted by atomic mass is 10.1. The summed E-state index contributed by atoms with van der Waals surface area (Å²) in [5, 5.41) is 12.0. The second-order valence-electron chi connectivity index (χ2n) is 7.62. The van der Waals surface area contributed by atoms with Gasteiger partial charge in [0.15, 0.2) is 0 Å². The van der Waals surface area contributed by atoms with Gasteiger partial charge in [-0.15, -0.1) is 11.3 Å². The van der Waals surface area contributed by atoms with Crippen molar-refractivity contribution in [3.63, 3.8) is 0 Å². The van der Waals surface area contributed by atoms with Crippen molar-refractivity contribution in [1.82, 2.24) is 15.1 Å². The normalized spacial score (nSPS) is 10.7. The van der Waals surface area contributed by atoms with Crippen LogP contribution in [0.2, 0.25) is 0 Å². The van der Waals surface area contributed by atoms with Crippen LogP contribution in [-0.4, -0.2) is 40.5 Å². The molecule has 0 spiro atoms. The molecule has 2 aromatic heterocycles. The van der Waals surface area contributed by atoms with Gasteiger partial charge in [-0.25, -0.2) is 4.39 Å². The molecule has 4 rings (SSSR count). The number of nitrogens with zero attached hydrogens (tertiary/aromatic N) is 2. The maximum Gasteiger partial charge on any atom is 0.265 e. The average molecular weight is 463 g/mol. The number of benzene rings is 2. The fourth-order valence-electron chi connectivity index (χ4n) is 3.38. The van der Waals surface area contributed by atoms with Gasteiger partial charge >= 0.3 is 0 Å². The molecule has 0 radical (unpaired) electrons. The Kier molecular flexibility index (Phi) is 6.95. The van der Waals surface area contributed by atoms with Crippen molar-refractivity contribution >= 4 is 28.8 Å². The Hall–Kier alpha value is -3.78. The van der Waals surface area contributed by atoms with E-state index in [1.165, 1.54) is 23.5 Å². The van der Waals surface area contributed by atoms with Crippen molar-refractivity contribution in [2.45, 2.75) is 12.8 Å². The number of aromatic nitrogens is 2. The molecule has 0 saturated heterocycles. The van der Waals surface area contributed by atoms with Gasteiger partial charge in [-0.2, -0.15) is 5.10 Å². The summed E-state index contributed by atoms with van der Waals surface area (Å²) >= 11 is 1.38.